The van der Waals surface area contributed by atoms with Gasteiger partial charge in [0.25, 0.3) is 0 Å². The van der Waals surface area contributed by atoms with Crippen molar-refractivity contribution in [1.82, 2.24) is 4.57 Å². The van der Waals surface area contributed by atoms with E-state index in [1.165, 1.54) is 25.9 Å². The highest BCUT2D eigenvalue weighted by atomic mass is 16.4. The zero-order chi connectivity index (χ0) is 13.2. The molecule has 0 saturated carbocycles. The fourth-order valence-electron chi connectivity index (χ4n) is 3.02. The van der Waals surface area contributed by atoms with Crippen molar-refractivity contribution in [3.05, 3.63) is 36.0 Å². The number of nitrogens with one attached hydrogen (secondary N) is 1. The van der Waals surface area contributed by atoms with E-state index < -0.39 is 5.97 Å². The van der Waals surface area contributed by atoms with E-state index >= 15 is 0 Å². The van der Waals surface area contributed by atoms with Gasteiger partial charge >= 0.3 is 0 Å². The van der Waals surface area contributed by atoms with E-state index in [-0.39, 0.29) is 0 Å². The lowest BCUT2D eigenvalue weighted by molar-refractivity contribution is -0.888. The van der Waals surface area contributed by atoms with Crippen molar-refractivity contribution < 1.29 is 14.8 Å². The Morgan fingerprint density at radius 1 is 1.26 bits per heavy atom. The van der Waals surface area contributed by atoms with Crippen LogP contribution in [-0.2, 0) is 6.54 Å². The Morgan fingerprint density at radius 3 is 2.74 bits per heavy atom. The molecule has 4 nitrogen and oxygen atoms in total. The molecular formula is C15H18N2O2. The lowest BCUT2D eigenvalue weighted by atomic mass is 10.2. The summed E-state index contributed by atoms with van der Waals surface area (Å²) in [6.45, 7) is 4.14. The molecule has 1 N–H and O–H groups in total. The largest absolute Gasteiger partial charge is 0.543 e. The highest BCUT2D eigenvalue weighted by Crippen LogP contribution is 2.19. The predicted molar refractivity (Wildman–Crippen MR) is 71.1 cm³/mol. The summed E-state index contributed by atoms with van der Waals surface area (Å²) in [4.78, 5) is 12.8. The molecule has 0 bridgehead atoms. The molecule has 0 spiro atoms. The fraction of sp³-hybridized carbons (Fsp3) is 0.400. The van der Waals surface area contributed by atoms with Crippen LogP contribution in [0.3, 0.4) is 0 Å². The highest BCUT2D eigenvalue weighted by molar-refractivity contribution is 5.93. The van der Waals surface area contributed by atoms with Crippen LogP contribution in [-0.4, -0.2) is 30.2 Å². The summed E-state index contributed by atoms with van der Waals surface area (Å²) in [5.74, 6) is -1.09. The zero-order valence-corrected chi connectivity index (χ0v) is 10.9. The molecule has 0 aliphatic carbocycles. The molecule has 1 aromatic heterocycles. The second-order valence-corrected chi connectivity index (χ2v) is 5.23. The Labute approximate surface area is 112 Å². The van der Waals surface area contributed by atoms with Crippen LogP contribution in [0.25, 0.3) is 10.9 Å². The molecule has 0 unspecified atom stereocenters. The van der Waals surface area contributed by atoms with E-state index in [9.17, 15) is 9.90 Å². The summed E-state index contributed by atoms with van der Waals surface area (Å²) in [5, 5.41) is 12.2. The number of hydrogen-bond donors (Lipinski definition) is 1. The van der Waals surface area contributed by atoms with Crippen LogP contribution in [0.1, 0.15) is 23.3 Å². The van der Waals surface area contributed by atoms with E-state index in [2.05, 4.69) is 0 Å². The van der Waals surface area contributed by atoms with E-state index in [0.29, 0.717) is 5.69 Å². The molecule has 0 amide bonds. The van der Waals surface area contributed by atoms with E-state index in [4.69, 9.17) is 0 Å². The number of quaternary nitrogens is 1. The topological polar surface area (TPSA) is 49.5 Å². The van der Waals surface area contributed by atoms with E-state index in [0.717, 1.165) is 24.0 Å². The first-order valence-corrected chi connectivity index (χ1v) is 6.89. The number of rotatable bonds is 4. The number of carbonyl (C=O) groups excluding carboxylic acids is 1. The third-order valence-corrected chi connectivity index (χ3v) is 4.02. The van der Waals surface area contributed by atoms with Crippen LogP contribution in [0.4, 0.5) is 0 Å². The Hall–Kier alpha value is -1.81. The number of nitrogens with zero attached hydrogens (tertiary/aromatic N) is 1. The maximum absolute atomic E-state index is 11.2. The Balaban J connectivity index is 1.90. The van der Waals surface area contributed by atoms with Gasteiger partial charge in [0.2, 0.25) is 0 Å². The molecule has 19 heavy (non-hydrogen) atoms. The van der Waals surface area contributed by atoms with Gasteiger partial charge in [0.05, 0.1) is 37.8 Å². The Bertz CT molecular complexity index is 597. The number of carboxylic acid groups (broad SMARTS) is 1. The summed E-state index contributed by atoms with van der Waals surface area (Å²) >= 11 is 0. The van der Waals surface area contributed by atoms with Gasteiger partial charge in [-0.25, -0.2) is 0 Å². The van der Waals surface area contributed by atoms with Gasteiger partial charge in [0, 0.05) is 23.7 Å². The standard InChI is InChI=1S/C15H18N2O2/c18-15(19)14-11-12-5-1-2-6-13(12)17(14)10-9-16-7-3-4-8-16/h1-2,5-6,11H,3-4,7-10H2,(H,18,19). The molecule has 1 fully saturated rings. The Kier molecular flexibility index (Phi) is 3.25. The van der Waals surface area contributed by atoms with Crippen molar-refractivity contribution in [1.29, 1.82) is 0 Å². The number of benzene rings is 1. The number of likely N-dealkylation sites (tertiary alicyclic amines) is 1. The van der Waals surface area contributed by atoms with Crippen molar-refractivity contribution >= 4 is 16.9 Å². The fourth-order valence-corrected chi connectivity index (χ4v) is 3.02. The van der Waals surface area contributed by atoms with Gasteiger partial charge in [0.15, 0.2) is 0 Å². The minimum atomic E-state index is -1.09. The number of carboxylic acids is 1. The van der Waals surface area contributed by atoms with Gasteiger partial charge in [-0.05, 0) is 12.1 Å². The van der Waals surface area contributed by atoms with Gasteiger partial charge in [-0.2, -0.15) is 0 Å². The highest BCUT2D eigenvalue weighted by Gasteiger charge is 2.16. The quantitative estimate of drug-likeness (QED) is 0.817. The molecule has 1 saturated heterocycles. The van der Waals surface area contributed by atoms with Crippen molar-refractivity contribution in [3.63, 3.8) is 0 Å². The number of para-hydroxylation sites is 1. The number of aromatic nitrogens is 1. The monoisotopic (exact) mass is 258 g/mol. The average Bonchev–Trinajstić information content (AvgIpc) is 3.03. The first kappa shape index (κ1) is 12.2. The van der Waals surface area contributed by atoms with Crippen LogP contribution in [0, 0.1) is 0 Å². The molecule has 2 heterocycles. The number of carbonyl (C=O) groups is 1. The van der Waals surface area contributed by atoms with Crippen molar-refractivity contribution in [2.45, 2.75) is 19.4 Å². The lowest BCUT2D eigenvalue weighted by Crippen LogP contribution is -3.10. The summed E-state index contributed by atoms with van der Waals surface area (Å²) < 4.78 is 1.88. The third-order valence-electron chi connectivity index (χ3n) is 4.02. The summed E-state index contributed by atoms with van der Waals surface area (Å²) in [6, 6.07) is 9.50. The molecular weight excluding hydrogens is 240 g/mol. The van der Waals surface area contributed by atoms with Crippen molar-refractivity contribution in [2.75, 3.05) is 19.6 Å². The summed E-state index contributed by atoms with van der Waals surface area (Å²) in [5.41, 5.74) is 1.28. The number of hydrogen-bond acceptors (Lipinski definition) is 2. The van der Waals surface area contributed by atoms with Crippen LogP contribution >= 0.6 is 0 Å². The van der Waals surface area contributed by atoms with Crippen LogP contribution in [0.2, 0.25) is 0 Å². The van der Waals surface area contributed by atoms with Crippen LogP contribution in [0.15, 0.2) is 30.3 Å². The van der Waals surface area contributed by atoms with Gasteiger partial charge in [-0.1, -0.05) is 18.2 Å². The molecule has 2 aromatic rings. The van der Waals surface area contributed by atoms with Crippen molar-refractivity contribution in [3.8, 4) is 0 Å². The molecule has 0 radical (unpaired) electrons. The first-order valence-electron chi connectivity index (χ1n) is 6.89. The van der Waals surface area contributed by atoms with Crippen LogP contribution < -0.4 is 10.0 Å². The molecule has 100 valence electrons. The van der Waals surface area contributed by atoms with Gasteiger partial charge < -0.3 is 19.4 Å². The molecule has 3 rings (SSSR count). The minimum absolute atomic E-state index is 0.291. The van der Waals surface area contributed by atoms with E-state index in [1.807, 2.05) is 28.8 Å². The lowest BCUT2D eigenvalue weighted by Gasteiger charge is -2.15. The third kappa shape index (κ3) is 2.36. The van der Waals surface area contributed by atoms with E-state index in [1.54, 1.807) is 11.0 Å². The summed E-state index contributed by atoms with van der Waals surface area (Å²) in [6.07, 6.45) is 2.57. The molecule has 1 aromatic carbocycles. The van der Waals surface area contributed by atoms with Crippen molar-refractivity contribution in [2.24, 2.45) is 0 Å². The summed E-state index contributed by atoms with van der Waals surface area (Å²) in [7, 11) is 0. The smallest absolute Gasteiger partial charge is 0.0953 e. The maximum Gasteiger partial charge on any atom is 0.0953 e. The molecule has 1 aliphatic heterocycles. The molecule has 0 atom stereocenters. The van der Waals surface area contributed by atoms with Gasteiger partial charge in [-0.15, -0.1) is 0 Å². The van der Waals surface area contributed by atoms with Gasteiger partial charge in [0.1, 0.15) is 0 Å². The Morgan fingerprint density at radius 2 is 2.00 bits per heavy atom. The maximum atomic E-state index is 11.2. The van der Waals surface area contributed by atoms with Crippen LogP contribution in [0.5, 0.6) is 0 Å². The predicted octanol–water partition coefficient (Wildman–Crippen LogP) is -0.316. The average molecular weight is 258 g/mol. The number of fused-ring (bicyclic) bond motifs is 1. The molecule has 1 aliphatic rings. The molecule has 4 heteroatoms. The van der Waals surface area contributed by atoms with Gasteiger partial charge in [-0.3, -0.25) is 0 Å². The SMILES string of the molecule is O=C([O-])c1cc2ccccc2n1CC[NH+]1CCCC1. The number of aromatic carboxylic acids is 1. The first-order chi connectivity index (χ1) is 9.25. The normalized spacial score (nSPS) is 16.2. The zero-order valence-electron chi connectivity index (χ0n) is 10.9. The second kappa shape index (κ2) is 5.05. The minimum Gasteiger partial charge on any atom is -0.543 e. The second-order valence-electron chi connectivity index (χ2n) is 5.23.